The van der Waals surface area contributed by atoms with E-state index in [0.717, 1.165) is 23.5 Å². The minimum Gasteiger partial charge on any atom is -0.497 e. The number of rotatable bonds is 5. The lowest BCUT2D eigenvalue weighted by Crippen LogP contribution is -2.30. The van der Waals surface area contributed by atoms with Crippen LogP contribution in [0.1, 0.15) is 29.8 Å². The molecular weight excluding hydrogens is 280 g/mol. The Kier molecular flexibility index (Phi) is 4.56. The van der Waals surface area contributed by atoms with Crippen molar-refractivity contribution in [3.63, 3.8) is 0 Å². The standard InChI is InChI=1S/C17H20N2O3/c1-21-12-5-6-13-14(7-9-22-17(13)10-12)19-11-16(20)15-4-2-3-8-18-15/h2-6,8,10,14,16,19-20H,7,9,11H2,1H3. The Morgan fingerprint density at radius 2 is 2.32 bits per heavy atom. The molecule has 0 bridgehead atoms. The number of nitrogens with zero attached hydrogens (tertiary/aromatic N) is 1. The highest BCUT2D eigenvalue weighted by Crippen LogP contribution is 2.34. The van der Waals surface area contributed by atoms with E-state index in [-0.39, 0.29) is 6.04 Å². The summed E-state index contributed by atoms with van der Waals surface area (Å²) in [5, 5.41) is 13.6. The van der Waals surface area contributed by atoms with Gasteiger partial charge >= 0.3 is 0 Å². The molecule has 0 aliphatic carbocycles. The van der Waals surface area contributed by atoms with Crippen molar-refractivity contribution in [3.05, 3.63) is 53.9 Å². The molecule has 2 N–H and O–H groups in total. The summed E-state index contributed by atoms with van der Waals surface area (Å²) in [4.78, 5) is 4.18. The molecule has 5 heteroatoms. The van der Waals surface area contributed by atoms with E-state index >= 15 is 0 Å². The van der Waals surface area contributed by atoms with Crippen LogP contribution in [0.25, 0.3) is 0 Å². The highest BCUT2D eigenvalue weighted by Gasteiger charge is 2.22. The molecule has 0 saturated carbocycles. The Labute approximate surface area is 129 Å². The van der Waals surface area contributed by atoms with Crippen molar-refractivity contribution in [2.75, 3.05) is 20.3 Å². The summed E-state index contributed by atoms with van der Waals surface area (Å²) in [5.41, 5.74) is 1.78. The fraction of sp³-hybridized carbons (Fsp3) is 0.353. The molecule has 1 aromatic heterocycles. The predicted molar refractivity (Wildman–Crippen MR) is 83.0 cm³/mol. The molecule has 2 aromatic rings. The average Bonchev–Trinajstić information content (AvgIpc) is 2.59. The van der Waals surface area contributed by atoms with Crippen LogP contribution in [-0.4, -0.2) is 30.4 Å². The third-order valence-electron chi connectivity index (χ3n) is 3.85. The van der Waals surface area contributed by atoms with E-state index in [4.69, 9.17) is 9.47 Å². The Hall–Kier alpha value is -2.11. The van der Waals surface area contributed by atoms with Gasteiger partial charge in [0.15, 0.2) is 0 Å². The highest BCUT2D eigenvalue weighted by molar-refractivity contribution is 5.43. The number of hydrogen-bond donors (Lipinski definition) is 2. The van der Waals surface area contributed by atoms with Crippen LogP contribution in [0.15, 0.2) is 42.6 Å². The molecule has 22 heavy (non-hydrogen) atoms. The van der Waals surface area contributed by atoms with Gasteiger partial charge in [-0.3, -0.25) is 4.98 Å². The normalized spacial score (nSPS) is 18.2. The first-order valence-electron chi connectivity index (χ1n) is 7.41. The maximum atomic E-state index is 10.2. The van der Waals surface area contributed by atoms with Crippen molar-refractivity contribution < 1.29 is 14.6 Å². The van der Waals surface area contributed by atoms with Gasteiger partial charge in [-0.15, -0.1) is 0 Å². The minimum atomic E-state index is -0.620. The molecule has 0 radical (unpaired) electrons. The first-order valence-corrected chi connectivity index (χ1v) is 7.41. The summed E-state index contributed by atoms with van der Waals surface area (Å²) >= 11 is 0. The van der Waals surface area contributed by atoms with E-state index in [1.54, 1.807) is 13.3 Å². The molecule has 0 fully saturated rings. The topological polar surface area (TPSA) is 63.6 Å². The summed E-state index contributed by atoms with van der Waals surface area (Å²) in [6.45, 7) is 1.10. The largest absolute Gasteiger partial charge is 0.497 e. The molecule has 1 aliphatic heterocycles. The Morgan fingerprint density at radius 3 is 3.09 bits per heavy atom. The molecule has 2 unspecified atom stereocenters. The van der Waals surface area contributed by atoms with Crippen LogP contribution >= 0.6 is 0 Å². The summed E-state index contributed by atoms with van der Waals surface area (Å²) in [5.74, 6) is 1.63. The zero-order valence-electron chi connectivity index (χ0n) is 12.5. The van der Waals surface area contributed by atoms with Crippen LogP contribution < -0.4 is 14.8 Å². The highest BCUT2D eigenvalue weighted by atomic mass is 16.5. The van der Waals surface area contributed by atoms with Gasteiger partial charge in [-0.1, -0.05) is 12.1 Å². The lowest BCUT2D eigenvalue weighted by Gasteiger charge is -2.28. The number of nitrogens with one attached hydrogen (secondary N) is 1. The third-order valence-corrected chi connectivity index (χ3v) is 3.85. The van der Waals surface area contributed by atoms with Crippen LogP contribution in [-0.2, 0) is 0 Å². The zero-order valence-corrected chi connectivity index (χ0v) is 12.5. The van der Waals surface area contributed by atoms with E-state index in [1.165, 1.54) is 0 Å². The fourth-order valence-electron chi connectivity index (χ4n) is 2.64. The summed E-state index contributed by atoms with van der Waals surface area (Å²) in [6.07, 6.45) is 1.94. The quantitative estimate of drug-likeness (QED) is 0.886. The van der Waals surface area contributed by atoms with Crippen molar-refractivity contribution in [3.8, 4) is 11.5 Å². The summed E-state index contributed by atoms with van der Waals surface area (Å²) in [6, 6.07) is 11.5. The lowest BCUT2D eigenvalue weighted by atomic mass is 10.00. The van der Waals surface area contributed by atoms with Crippen LogP contribution in [0.5, 0.6) is 11.5 Å². The Bertz CT molecular complexity index is 619. The number of aliphatic hydroxyl groups excluding tert-OH is 1. The first-order chi connectivity index (χ1) is 10.8. The number of ether oxygens (including phenoxy) is 2. The van der Waals surface area contributed by atoms with E-state index in [0.29, 0.717) is 18.8 Å². The molecule has 116 valence electrons. The smallest absolute Gasteiger partial charge is 0.127 e. The molecule has 5 nitrogen and oxygen atoms in total. The van der Waals surface area contributed by atoms with Gasteiger partial charge in [-0.25, -0.2) is 0 Å². The molecule has 0 spiro atoms. The number of fused-ring (bicyclic) bond motifs is 1. The molecule has 0 amide bonds. The second-order valence-electron chi connectivity index (χ2n) is 5.27. The van der Waals surface area contributed by atoms with Gasteiger partial charge in [0.05, 0.1) is 19.4 Å². The van der Waals surface area contributed by atoms with Gasteiger partial charge in [0.1, 0.15) is 17.6 Å². The van der Waals surface area contributed by atoms with E-state index < -0.39 is 6.10 Å². The molecular formula is C17H20N2O3. The van der Waals surface area contributed by atoms with Crippen molar-refractivity contribution in [2.45, 2.75) is 18.6 Å². The Morgan fingerprint density at radius 1 is 1.41 bits per heavy atom. The summed E-state index contributed by atoms with van der Waals surface area (Å²) in [7, 11) is 1.64. The number of hydrogen-bond acceptors (Lipinski definition) is 5. The monoisotopic (exact) mass is 300 g/mol. The van der Waals surface area contributed by atoms with E-state index in [2.05, 4.69) is 10.3 Å². The molecule has 1 aliphatic rings. The number of aromatic nitrogens is 1. The predicted octanol–water partition coefficient (Wildman–Crippen LogP) is 2.24. The van der Waals surface area contributed by atoms with E-state index in [1.807, 2.05) is 36.4 Å². The van der Waals surface area contributed by atoms with Crippen LogP contribution in [0.3, 0.4) is 0 Å². The van der Waals surface area contributed by atoms with Crippen molar-refractivity contribution in [1.29, 1.82) is 0 Å². The number of benzene rings is 1. The molecule has 1 aromatic carbocycles. The fourth-order valence-corrected chi connectivity index (χ4v) is 2.64. The van der Waals surface area contributed by atoms with Gasteiger partial charge in [-0.2, -0.15) is 0 Å². The van der Waals surface area contributed by atoms with Gasteiger partial charge in [0, 0.05) is 36.8 Å². The van der Waals surface area contributed by atoms with E-state index in [9.17, 15) is 5.11 Å². The van der Waals surface area contributed by atoms with Crippen molar-refractivity contribution in [2.24, 2.45) is 0 Å². The van der Waals surface area contributed by atoms with Gasteiger partial charge in [-0.05, 0) is 18.2 Å². The maximum Gasteiger partial charge on any atom is 0.127 e. The number of methoxy groups -OCH3 is 1. The zero-order chi connectivity index (χ0) is 15.4. The van der Waals surface area contributed by atoms with Crippen molar-refractivity contribution >= 4 is 0 Å². The summed E-state index contributed by atoms with van der Waals surface area (Å²) < 4.78 is 10.9. The Balaban J connectivity index is 1.67. The van der Waals surface area contributed by atoms with Gasteiger partial charge in [0.2, 0.25) is 0 Å². The van der Waals surface area contributed by atoms with Crippen molar-refractivity contribution in [1.82, 2.24) is 10.3 Å². The molecule has 0 saturated heterocycles. The van der Waals surface area contributed by atoms with Crippen LogP contribution in [0.2, 0.25) is 0 Å². The lowest BCUT2D eigenvalue weighted by molar-refractivity contribution is 0.158. The minimum absolute atomic E-state index is 0.160. The third kappa shape index (κ3) is 3.21. The SMILES string of the molecule is COc1ccc2c(c1)OCCC2NCC(O)c1ccccn1. The number of pyridine rings is 1. The second-order valence-corrected chi connectivity index (χ2v) is 5.27. The average molecular weight is 300 g/mol. The first kappa shape index (κ1) is 14.8. The van der Waals surface area contributed by atoms with Gasteiger partial charge < -0.3 is 19.9 Å². The van der Waals surface area contributed by atoms with Crippen LogP contribution in [0, 0.1) is 0 Å². The van der Waals surface area contributed by atoms with Crippen LogP contribution in [0.4, 0.5) is 0 Å². The number of aliphatic hydroxyl groups is 1. The molecule has 3 rings (SSSR count). The second kappa shape index (κ2) is 6.77. The molecule has 2 heterocycles. The van der Waals surface area contributed by atoms with Gasteiger partial charge in [0.25, 0.3) is 0 Å². The maximum absolute atomic E-state index is 10.2. The molecule has 2 atom stereocenters.